The average molecular weight is 525 g/mol. The van der Waals surface area contributed by atoms with Crippen molar-refractivity contribution in [3.05, 3.63) is 94.7 Å². The molecule has 1 aliphatic heterocycles. The van der Waals surface area contributed by atoms with Crippen LogP contribution in [0.3, 0.4) is 0 Å². The minimum Gasteiger partial charge on any atom is -0.436 e. The number of benzene rings is 2. The van der Waals surface area contributed by atoms with Gasteiger partial charge in [0, 0.05) is 17.0 Å². The third-order valence-electron chi connectivity index (χ3n) is 7.42. The second-order valence-electron chi connectivity index (χ2n) is 10.0. The highest BCUT2D eigenvalue weighted by Gasteiger charge is 2.22. The van der Waals surface area contributed by atoms with E-state index in [1.165, 1.54) is 40.3 Å². The van der Waals surface area contributed by atoms with Crippen LogP contribution >= 0.6 is 0 Å². The van der Waals surface area contributed by atoms with Gasteiger partial charge in [0.25, 0.3) is 0 Å². The highest BCUT2D eigenvalue weighted by atomic mass is 19.1. The van der Waals surface area contributed by atoms with Crippen molar-refractivity contribution in [1.29, 1.82) is 0 Å². The number of H-pyrrole nitrogens is 1. The fourth-order valence-electron chi connectivity index (χ4n) is 5.32. The van der Waals surface area contributed by atoms with Crippen LogP contribution in [0.4, 0.5) is 10.2 Å². The van der Waals surface area contributed by atoms with Crippen molar-refractivity contribution in [2.45, 2.75) is 32.6 Å². The molecule has 9 heteroatoms. The van der Waals surface area contributed by atoms with Gasteiger partial charge in [-0.2, -0.15) is 5.10 Å². The highest BCUT2D eigenvalue weighted by molar-refractivity contribution is 6.12. The van der Waals surface area contributed by atoms with Gasteiger partial charge < -0.3 is 20.8 Å². The average Bonchev–Trinajstić information content (AvgIpc) is 3.53. The number of nitrogens with two attached hydrogens (primary N) is 1. The fourth-order valence-corrected chi connectivity index (χ4v) is 5.32. The summed E-state index contributed by atoms with van der Waals surface area (Å²) in [7, 11) is 0. The second kappa shape index (κ2) is 9.99. The number of aromatic amines is 1. The normalized spacial score (nSPS) is 14.1. The molecule has 4 N–H and O–H groups in total. The van der Waals surface area contributed by atoms with E-state index in [1.807, 2.05) is 13.0 Å². The van der Waals surface area contributed by atoms with E-state index in [-0.39, 0.29) is 23.2 Å². The quantitative estimate of drug-likeness (QED) is 0.250. The predicted octanol–water partition coefficient (Wildman–Crippen LogP) is 5.58. The molecule has 1 saturated heterocycles. The first kappa shape index (κ1) is 24.8. The number of carbonyl (C=O) groups excluding carboxylic acids is 1. The molecule has 1 aliphatic rings. The Balaban J connectivity index is 1.27. The molecule has 5 aromatic rings. The smallest absolute Gasteiger partial charge is 0.219 e. The van der Waals surface area contributed by atoms with Crippen LogP contribution in [0.25, 0.3) is 16.6 Å². The Morgan fingerprint density at radius 3 is 2.64 bits per heavy atom. The van der Waals surface area contributed by atoms with Gasteiger partial charge in [0.1, 0.15) is 5.82 Å². The number of ether oxygens (including phenoxy) is 1. The topological polar surface area (TPSA) is 111 Å². The zero-order valence-corrected chi connectivity index (χ0v) is 21.8. The number of halogens is 1. The first-order chi connectivity index (χ1) is 18.9. The molecule has 0 bridgehead atoms. The lowest BCUT2D eigenvalue weighted by atomic mass is 9.87. The number of anilines is 1. The Kier molecular flexibility index (Phi) is 6.36. The van der Waals surface area contributed by atoms with Gasteiger partial charge in [0.2, 0.25) is 11.7 Å². The Morgan fingerprint density at radius 2 is 1.87 bits per heavy atom. The maximum absolute atomic E-state index is 14.0. The van der Waals surface area contributed by atoms with Crippen molar-refractivity contribution in [3.8, 4) is 17.3 Å². The number of piperidine rings is 1. The van der Waals surface area contributed by atoms with E-state index in [0.717, 1.165) is 42.4 Å². The van der Waals surface area contributed by atoms with E-state index >= 15 is 0 Å². The number of nitrogens with one attached hydrogen (secondary N) is 2. The summed E-state index contributed by atoms with van der Waals surface area (Å²) in [6, 6.07) is 14.0. The number of fused-ring (bicyclic) bond motifs is 1. The maximum Gasteiger partial charge on any atom is 0.219 e. The number of carbonyl (C=O) groups is 1. The first-order valence-electron chi connectivity index (χ1n) is 13.0. The molecule has 0 spiro atoms. The monoisotopic (exact) mass is 524 g/mol. The molecular formula is C30H29FN6O2. The molecule has 2 aromatic carbocycles. The number of nitrogens with zero attached hydrogens (tertiary/aromatic N) is 3. The van der Waals surface area contributed by atoms with Crippen LogP contribution < -0.4 is 15.8 Å². The Labute approximate surface area is 225 Å². The molecule has 4 heterocycles. The third kappa shape index (κ3) is 4.66. The summed E-state index contributed by atoms with van der Waals surface area (Å²) in [6.07, 6.45) is 5.23. The van der Waals surface area contributed by atoms with Gasteiger partial charge >= 0.3 is 0 Å². The Morgan fingerprint density at radius 1 is 1.08 bits per heavy atom. The lowest BCUT2D eigenvalue weighted by Gasteiger charge is -2.24. The molecule has 3 aromatic heterocycles. The highest BCUT2D eigenvalue weighted by Crippen LogP contribution is 2.32. The standard InChI is InChI=1S/C30H29FN6O2/c1-17-11-20-13-25(36-24(20)14-21(17)19-7-9-33-10-8-19)29(38)22-15-35-37(30(22)32)26-16-34-28(12-18(26)2)39-27-6-4-3-5-23(27)31/h3-6,11-16,19,33,36H,7-10,32H2,1-2H3. The van der Waals surface area contributed by atoms with Gasteiger partial charge in [-0.3, -0.25) is 4.79 Å². The van der Waals surface area contributed by atoms with E-state index in [2.05, 4.69) is 39.4 Å². The van der Waals surface area contributed by atoms with E-state index < -0.39 is 5.82 Å². The summed E-state index contributed by atoms with van der Waals surface area (Å²) >= 11 is 0. The summed E-state index contributed by atoms with van der Waals surface area (Å²) in [5.74, 6) is 0.335. The van der Waals surface area contributed by atoms with Gasteiger partial charge in [-0.05, 0) is 92.7 Å². The van der Waals surface area contributed by atoms with Crippen molar-refractivity contribution in [3.63, 3.8) is 0 Å². The molecule has 0 aliphatic carbocycles. The second-order valence-corrected chi connectivity index (χ2v) is 10.0. The summed E-state index contributed by atoms with van der Waals surface area (Å²) in [6.45, 7) is 6.02. The summed E-state index contributed by atoms with van der Waals surface area (Å²) < 4.78 is 21.0. The van der Waals surface area contributed by atoms with Crippen LogP contribution in [0.2, 0.25) is 0 Å². The van der Waals surface area contributed by atoms with Crippen LogP contribution in [0.15, 0.2) is 60.9 Å². The van der Waals surface area contributed by atoms with Crippen molar-refractivity contribution in [1.82, 2.24) is 25.1 Å². The molecule has 6 rings (SSSR count). The molecule has 0 unspecified atom stereocenters. The Bertz CT molecular complexity index is 1700. The minimum absolute atomic E-state index is 0.0834. The van der Waals surface area contributed by atoms with Crippen LogP contribution in [0.1, 0.15) is 51.5 Å². The third-order valence-corrected chi connectivity index (χ3v) is 7.42. The summed E-state index contributed by atoms with van der Waals surface area (Å²) in [5, 5.41) is 8.78. The van der Waals surface area contributed by atoms with Crippen molar-refractivity contribution in [2.24, 2.45) is 0 Å². The lowest BCUT2D eigenvalue weighted by Crippen LogP contribution is -2.26. The van der Waals surface area contributed by atoms with Gasteiger partial charge in [-0.1, -0.05) is 12.1 Å². The molecular weight excluding hydrogens is 495 g/mol. The van der Waals surface area contributed by atoms with Gasteiger partial charge in [-0.25, -0.2) is 14.1 Å². The number of para-hydroxylation sites is 1. The SMILES string of the molecule is Cc1cc2cc(C(=O)c3cnn(-c4cnc(Oc5ccccc5F)cc4C)c3N)[nH]c2cc1C1CCNCC1. The number of rotatable bonds is 6. The van der Waals surface area contributed by atoms with Gasteiger partial charge in [0.15, 0.2) is 11.6 Å². The molecule has 0 radical (unpaired) electrons. The molecule has 39 heavy (non-hydrogen) atoms. The number of pyridine rings is 1. The zero-order chi connectivity index (χ0) is 27.1. The predicted molar refractivity (Wildman–Crippen MR) is 148 cm³/mol. The fraction of sp³-hybridized carbons (Fsp3) is 0.233. The molecule has 198 valence electrons. The van der Waals surface area contributed by atoms with Crippen LogP contribution in [-0.4, -0.2) is 38.6 Å². The van der Waals surface area contributed by atoms with Crippen LogP contribution in [-0.2, 0) is 0 Å². The van der Waals surface area contributed by atoms with Crippen molar-refractivity contribution in [2.75, 3.05) is 18.8 Å². The van der Waals surface area contributed by atoms with E-state index in [0.29, 0.717) is 22.9 Å². The molecule has 0 saturated carbocycles. The maximum atomic E-state index is 14.0. The van der Waals surface area contributed by atoms with E-state index in [1.54, 1.807) is 18.2 Å². The molecule has 1 fully saturated rings. The number of nitrogen functional groups attached to an aromatic ring is 1. The molecule has 0 atom stereocenters. The zero-order valence-electron chi connectivity index (χ0n) is 21.8. The number of ketones is 1. The van der Waals surface area contributed by atoms with Gasteiger partial charge in [-0.15, -0.1) is 0 Å². The molecule has 0 amide bonds. The Hall–Kier alpha value is -4.50. The lowest BCUT2D eigenvalue weighted by molar-refractivity contribution is 0.103. The number of aryl methyl sites for hydroxylation is 2. The van der Waals surface area contributed by atoms with Crippen LogP contribution in [0.5, 0.6) is 11.6 Å². The van der Waals surface area contributed by atoms with Crippen LogP contribution in [0, 0.1) is 19.7 Å². The van der Waals surface area contributed by atoms with E-state index in [9.17, 15) is 9.18 Å². The summed E-state index contributed by atoms with van der Waals surface area (Å²) in [4.78, 5) is 21.1. The van der Waals surface area contributed by atoms with Gasteiger partial charge in [0.05, 0.1) is 29.3 Å². The number of aromatic nitrogens is 4. The van der Waals surface area contributed by atoms with E-state index in [4.69, 9.17) is 10.5 Å². The number of hydrogen-bond acceptors (Lipinski definition) is 6. The summed E-state index contributed by atoms with van der Waals surface area (Å²) in [5.41, 5.74) is 12.0. The molecule has 8 nitrogen and oxygen atoms in total. The minimum atomic E-state index is -0.477. The van der Waals surface area contributed by atoms with Crippen molar-refractivity contribution >= 4 is 22.5 Å². The number of hydrogen-bond donors (Lipinski definition) is 3. The largest absolute Gasteiger partial charge is 0.436 e. The van der Waals surface area contributed by atoms with Crippen molar-refractivity contribution < 1.29 is 13.9 Å². The first-order valence-corrected chi connectivity index (χ1v) is 13.0.